The Morgan fingerprint density at radius 3 is 2.83 bits per heavy atom. The summed E-state index contributed by atoms with van der Waals surface area (Å²) < 4.78 is 12.3. The van der Waals surface area contributed by atoms with Gasteiger partial charge in [-0.2, -0.15) is 0 Å². The predicted octanol–water partition coefficient (Wildman–Crippen LogP) is 5.28. The van der Waals surface area contributed by atoms with Crippen LogP contribution < -0.4 is 10.4 Å². The molecule has 1 aromatic heterocycles. The third kappa shape index (κ3) is 2.85. The first kappa shape index (κ1) is 15.7. The molecule has 0 aliphatic heterocycles. The molecule has 4 rings (SSSR count). The van der Waals surface area contributed by atoms with Crippen LogP contribution in [0.1, 0.15) is 23.1 Å². The Bertz CT molecular complexity index is 994. The second-order valence-corrected chi connectivity index (χ2v) is 7.22. The zero-order valence-electron chi connectivity index (χ0n) is 12.8. The van der Waals surface area contributed by atoms with Crippen LogP contribution >= 0.6 is 27.5 Å². The molecule has 122 valence electrons. The number of hydrogen-bond donors (Lipinski definition) is 0. The Labute approximate surface area is 152 Å². The molecule has 0 N–H and O–H groups in total. The van der Waals surface area contributed by atoms with Gasteiger partial charge in [0.05, 0.1) is 5.02 Å². The van der Waals surface area contributed by atoms with E-state index in [4.69, 9.17) is 20.8 Å². The number of aryl methyl sites for hydroxylation is 1. The van der Waals surface area contributed by atoms with E-state index in [0.717, 1.165) is 45.8 Å². The number of benzene rings is 2. The molecule has 0 fully saturated rings. The van der Waals surface area contributed by atoms with Crippen LogP contribution in [0.25, 0.3) is 11.0 Å². The first-order chi connectivity index (χ1) is 11.6. The Morgan fingerprint density at radius 1 is 1.17 bits per heavy atom. The van der Waals surface area contributed by atoms with Gasteiger partial charge in [-0.3, -0.25) is 0 Å². The minimum Gasteiger partial charge on any atom is -0.487 e. The van der Waals surface area contributed by atoms with Crippen LogP contribution in [0.3, 0.4) is 0 Å². The highest BCUT2D eigenvalue weighted by molar-refractivity contribution is 9.10. The number of rotatable bonds is 3. The number of hydrogen-bond acceptors (Lipinski definition) is 3. The average molecular weight is 406 g/mol. The third-order valence-electron chi connectivity index (χ3n) is 4.31. The average Bonchev–Trinajstić information content (AvgIpc) is 3.05. The monoisotopic (exact) mass is 404 g/mol. The van der Waals surface area contributed by atoms with Crippen LogP contribution in [-0.4, -0.2) is 0 Å². The summed E-state index contributed by atoms with van der Waals surface area (Å²) in [5.74, 6) is 0.519. The van der Waals surface area contributed by atoms with Gasteiger partial charge in [-0.15, -0.1) is 0 Å². The molecule has 0 saturated heterocycles. The molecule has 3 aromatic rings. The lowest BCUT2D eigenvalue weighted by atomic mass is 10.1. The molecule has 0 radical (unpaired) electrons. The molecule has 24 heavy (non-hydrogen) atoms. The van der Waals surface area contributed by atoms with E-state index in [-0.39, 0.29) is 5.63 Å². The lowest BCUT2D eigenvalue weighted by Gasteiger charge is -2.11. The van der Waals surface area contributed by atoms with Crippen LogP contribution in [0.15, 0.2) is 50.1 Å². The molecule has 0 spiro atoms. The lowest BCUT2D eigenvalue weighted by molar-refractivity contribution is 0.306. The summed E-state index contributed by atoms with van der Waals surface area (Å²) >= 11 is 9.83. The second-order valence-electron chi connectivity index (χ2n) is 5.90. The van der Waals surface area contributed by atoms with Crippen molar-refractivity contribution in [3.8, 4) is 5.75 Å². The molecule has 0 atom stereocenters. The van der Waals surface area contributed by atoms with Gasteiger partial charge in [0.25, 0.3) is 0 Å². The van der Waals surface area contributed by atoms with Gasteiger partial charge in [0.2, 0.25) is 0 Å². The van der Waals surface area contributed by atoms with E-state index in [1.165, 1.54) is 0 Å². The molecule has 2 aromatic carbocycles. The number of ether oxygens (including phenoxy) is 1. The van der Waals surface area contributed by atoms with Crippen LogP contribution in [0.5, 0.6) is 5.75 Å². The lowest BCUT2D eigenvalue weighted by Crippen LogP contribution is -2.07. The van der Waals surface area contributed by atoms with Gasteiger partial charge in [-0.05, 0) is 48.6 Å². The van der Waals surface area contributed by atoms with Crippen molar-refractivity contribution < 1.29 is 9.15 Å². The van der Waals surface area contributed by atoms with Gasteiger partial charge in [0.1, 0.15) is 17.9 Å². The highest BCUT2D eigenvalue weighted by Crippen LogP contribution is 2.35. The van der Waals surface area contributed by atoms with Gasteiger partial charge >= 0.3 is 5.63 Å². The van der Waals surface area contributed by atoms with Crippen molar-refractivity contribution in [1.29, 1.82) is 0 Å². The maximum absolute atomic E-state index is 12.1. The summed E-state index contributed by atoms with van der Waals surface area (Å²) in [6.07, 6.45) is 2.66. The fraction of sp³-hybridized carbons (Fsp3) is 0.211. The molecule has 0 unspecified atom stereocenters. The summed E-state index contributed by atoms with van der Waals surface area (Å²) in [5.41, 5.74) is 3.18. The van der Waals surface area contributed by atoms with E-state index in [1.807, 2.05) is 30.3 Å². The fourth-order valence-electron chi connectivity index (χ4n) is 3.18. The predicted molar refractivity (Wildman–Crippen MR) is 98.0 cm³/mol. The highest BCUT2D eigenvalue weighted by Gasteiger charge is 2.20. The number of fused-ring (bicyclic) bond motifs is 3. The van der Waals surface area contributed by atoms with Crippen molar-refractivity contribution in [2.75, 3.05) is 0 Å². The largest absolute Gasteiger partial charge is 0.487 e. The van der Waals surface area contributed by atoms with Gasteiger partial charge in [-0.25, -0.2) is 4.79 Å². The molecule has 0 saturated carbocycles. The van der Waals surface area contributed by atoms with Gasteiger partial charge in [-0.1, -0.05) is 39.7 Å². The maximum atomic E-state index is 12.1. The quantitative estimate of drug-likeness (QED) is 0.557. The Balaban J connectivity index is 1.70. The minimum atomic E-state index is -0.240. The summed E-state index contributed by atoms with van der Waals surface area (Å²) in [6, 6.07) is 11.4. The van der Waals surface area contributed by atoms with Gasteiger partial charge < -0.3 is 9.15 Å². The zero-order chi connectivity index (χ0) is 16.7. The molecule has 1 heterocycles. The van der Waals surface area contributed by atoms with E-state index < -0.39 is 0 Å². The van der Waals surface area contributed by atoms with Crippen LogP contribution in [0, 0.1) is 0 Å². The molecule has 5 heteroatoms. The topological polar surface area (TPSA) is 39.4 Å². The summed E-state index contributed by atoms with van der Waals surface area (Å²) in [7, 11) is 0. The van der Waals surface area contributed by atoms with Crippen molar-refractivity contribution in [2.24, 2.45) is 0 Å². The minimum absolute atomic E-state index is 0.240. The molecule has 1 aliphatic rings. The van der Waals surface area contributed by atoms with Gasteiger partial charge in [0.15, 0.2) is 0 Å². The first-order valence-electron chi connectivity index (χ1n) is 7.77. The SMILES string of the molecule is O=c1oc2cc(OCc3cccc(Br)c3)c(Cl)cc2c2c1CCC2. The molecule has 3 nitrogen and oxygen atoms in total. The summed E-state index contributed by atoms with van der Waals surface area (Å²) in [5, 5.41) is 1.45. The molecule has 0 bridgehead atoms. The highest BCUT2D eigenvalue weighted by atomic mass is 79.9. The van der Waals surface area contributed by atoms with Crippen molar-refractivity contribution in [2.45, 2.75) is 25.9 Å². The van der Waals surface area contributed by atoms with E-state index in [2.05, 4.69) is 15.9 Å². The van der Waals surface area contributed by atoms with Crippen LogP contribution in [0.4, 0.5) is 0 Å². The Hall–Kier alpha value is -1.78. The van der Waals surface area contributed by atoms with Crippen molar-refractivity contribution in [1.82, 2.24) is 0 Å². The molecular formula is C19H14BrClO3. The summed E-state index contributed by atoms with van der Waals surface area (Å²) in [4.78, 5) is 12.1. The maximum Gasteiger partial charge on any atom is 0.339 e. The molecule has 1 aliphatic carbocycles. The van der Waals surface area contributed by atoms with Crippen molar-refractivity contribution in [3.63, 3.8) is 0 Å². The normalized spacial score (nSPS) is 13.2. The third-order valence-corrected chi connectivity index (χ3v) is 5.10. The molecule has 0 amide bonds. The van der Waals surface area contributed by atoms with Crippen LogP contribution in [0.2, 0.25) is 5.02 Å². The van der Waals surface area contributed by atoms with E-state index in [0.29, 0.717) is 23.0 Å². The Kier molecular flexibility index (Phi) is 4.10. The fourth-order valence-corrected chi connectivity index (χ4v) is 3.85. The van der Waals surface area contributed by atoms with Crippen molar-refractivity contribution >= 4 is 38.5 Å². The standard InChI is InChI=1S/C19H14BrClO3/c20-12-4-1-3-11(7-12)10-23-18-9-17-15(8-16(18)21)13-5-2-6-14(13)19(22)24-17/h1,3-4,7-9H,2,5-6,10H2. The first-order valence-corrected chi connectivity index (χ1v) is 8.94. The van der Waals surface area contributed by atoms with E-state index in [9.17, 15) is 4.79 Å². The van der Waals surface area contributed by atoms with E-state index in [1.54, 1.807) is 6.07 Å². The zero-order valence-corrected chi connectivity index (χ0v) is 15.1. The summed E-state index contributed by atoms with van der Waals surface area (Å²) in [6.45, 7) is 0.389. The van der Waals surface area contributed by atoms with Crippen LogP contribution in [-0.2, 0) is 19.4 Å². The Morgan fingerprint density at radius 2 is 2.00 bits per heavy atom. The molecular weight excluding hydrogens is 392 g/mol. The van der Waals surface area contributed by atoms with Crippen molar-refractivity contribution in [3.05, 3.63) is 73.0 Å². The second kappa shape index (κ2) is 6.26. The number of halogens is 2. The van der Waals surface area contributed by atoms with Gasteiger partial charge in [0, 0.05) is 21.5 Å². The smallest absolute Gasteiger partial charge is 0.339 e. The van der Waals surface area contributed by atoms with E-state index >= 15 is 0 Å².